The fourth-order valence-corrected chi connectivity index (χ4v) is 23.8. The number of rotatable bonds is 10. The molecule has 0 aliphatic carbocycles. The average Bonchev–Trinajstić information content (AvgIpc) is 2.27. The topological polar surface area (TPSA) is 48.5 Å². The first-order valence-electron chi connectivity index (χ1n) is 28.1. The standard InChI is InChI=1S/C75H51N5Si2/c1-5-28-54(29-6-1)81(55-30-7-2-8-31-55,56-32-9-3-10-33-56)58-36-23-26-52(50-58)73-76-74(78-75(77-73)64-41-16-20-46-68(64)79-65-43-17-13-38-60(65)61-39-14-18-44-66(61)79)53-27-24-37-59(51-53)82(57-34-11-4-12-35-57)70-48-22-21-47-69(70)80-67-45-19-15-40-62(67)63-42-25-49-71(82)72(63)80/h1-51H. The van der Waals surface area contributed by atoms with Gasteiger partial charge in [-0.25, -0.2) is 15.0 Å². The Balaban J connectivity index is 0.965. The Hall–Kier alpha value is -10.3. The van der Waals surface area contributed by atoms with Crippen LogP contribution in [0.15, 0.2) is 309 Å². The number of aromatic nitrogens is 5. The third-order valence-electron chi connectivity index (χ3n) is 17.2. The van der Waals surface area contributed by atoms with Gasteiger partial charge in [-0.15, -0.1) is 0 Å². The van der Waals surface area contributed by atoms with Gasteiger partial charge in [0.15, 0.2) is 33.6 Å². The van der Waals surface area contributed by atoms with Crippen molar-refractivity contribution in [1.29, 1.82) is 0 Å². The Bertz CT molecular complexity index is 4790. The summed E-state index contributed by atoms with van der Waals surface area (Å²) in [7, 11) is -6.04. The Labute approximate surface area is 477 Å². The van der Waals surface area contributed by atoms with Gasteiger partial charge in [0.25, 0.3) is 0 Å². The van der Waals surface area contributed by atoms with Crippen LogP contribution in [0.3, 0.4) is 0 Å². The molecule has 1 aliphatic heterocycles. The summed E-state index contributed by atoms with van der Waals surface area (Å²) in [6.07, 6.45) is 0. The molecule has 5 nitrogen and oxygen atoms in total. The van der Waals surface area contributed by atoms with Gasteiger partial charge in [-0.05, 0) is 77.9 Å². The maximum atomic E-state index is 5.66. The van der Waals surface area contributed by atoms with Crippen molar-refractivity contribution in [1.82, 2.24) is 24.1 Å². The number of benzene rings is 12. The number of para-hydroxylation sites is 6. The maximum Gasteiger partial charge on any atom is 0.184 e. The first-order chi connectivity index (χ1) is 40.7. The first kappa shape index (κ1) is 47.7. The van der Waals surface area contributed by atoms with Gasteiger partial charge < -0.3 is 9.13 Å². The smallest absolute Gasteiger partial charge is 0.184 e. The number of nitrogens with zero attached hydrogens (tertiary/aromatic N) is 5. The van der Waals surface area contributed by atoms with Crippen LogP contribution < -0.4 is 41.5 Å². The fourth-order valence-electron chi connectivity index (χ4n) is 13.8. The predicted molar refractivity (Wildman–Crippen MR) is 346 cm³/mol. The van der Waals surface area contributed by atoms with Crippen LogP contribution in [0.5, 0.6) is 0 Å². The van der Waals surface area contributed by atoms with Gasteiger partial charge in [0.2, 0.25) is 0 Å². The van der Waals surface area contributed by atoms with Crippen molar-refractivity contribution in [2.45, 2.75) is 0 Å². The highest BCUT2D eigenvalue weighted by molar-refractivity contribution is 7.21. The van der Waals surface area contributed by atoms with Crippen molar-refractivity contribution in [3.8, 4) is 45.5 Å². The van der Waals surface area contributed by atoms with Crippen molar-refractivity contribution in [2.75, 3.05) is 0 Å². The predicted octanol–water partition coefficient (Wildman–Crippen LogP) is 12.1. The van der Waals surface area contributed by atoms with E-state index in [2.05, 4.69) is 319 Å². The molecule has 1 unspecified atom stereocenters. The minimum atomic E-state index is -3.10. The lowest BCUT2D eigenvalue weighted by Gasteiger charge is -2.39. The van der Waals surface area contributed by atoms with E-state index in [-0.39, 0.29) is 0 Å². The zero-order valence-electron chi connectivity index (χ0n) is 44.7. The molecular weight excluding hydrogens is 1030 g/mol. The molecule has 4 heterocycles. The summed E-state index contributed by atoms with van der Waals surface area (Å²) >= 11 is 0. The van der Waals surface area contributed by atoms with Gasteiger partial charge in [0.1, 0.15) is 0 Å². The van der Waals surface area contributed by atoms with Crippen molar-refractivity contribution >= 4 is 101 Å². The normalized spacial score (nSPS) is 13.9. The molecule has 0 saturated carbocycles. The highest BCUT2D eigenvalue weighted by atomic mass is 28.3. The van der Waals surface area contributed by atoms with Crippen molar-refractivity contribution in [2.24, 2.45) is 0 Å². The van der Waals surface area contributed by atoms with Crippen LogP contribution >= 0.6 is 0 Å². The van der Waals surface area contributed by atoms with Crippen molar-refractivity contribution in [3.05, 3.63) is 309 Å². The van der Waals surface area contributed by atoms with E-state index in [0.717, 1.165) is 33.4 Å². The second-order valence-corrected chi connectivity index (χ2v) is 28.9. The molecule has 0 saturated heterocycles. The van der Waals surface area contributed by atoms with Crippen molar-refractivity contribution in [3.63, 3.8) is 0 Å². The molecule has 3 aromatic heterocycles. The summed E-state index contributed by atoms with van der Waals surface area (Å²) in [4.78, 5) is 17.0. The van der Waals surface area contributed by atoms with E-state index in [4.69, 9.17) is 15.0 Å². The molecule has 16 rings (SSSR count). The van der Waals surface area contributed by atoms with Crippen LogP contribution in [0.4, 0.5) is 0 Å². The summed E-state index contributed by atoms with van der Waals surface area (Å²) in [5.74, 6) is 1.81. The zero-order valence-corrected chi connectivity index (χ0v) is 46.7. The molecule has 0 amide bonds. The van der Waals surface area contributed by atoms with Gasteiger partial charge in [-0.3, -0.25) is 0 Å². The Morgan fingerprint density at radius 1 is 0.280 bits per heavy atom. The van der Waals surface area contributed by atoms with E-state index >= 15 is 0 Å². The first-order valence-corrected chi connectivity index (χ1v) is 32.1. The molecular formula is C75H51N5Si2. The van der Waals surface area contributed by atoms with E-state index in [9.17, 15) is 0 Å². The SMILES string of the molecule is c1ccc([Si](c2ccccc2)(c2ccccc2)c2cccc(-c3nc(-c4cccc([Si]5(c6ccccc6)c6ccccc6-n6c7ccccc7c7cccc5c76)c4)nc(-c4ccccc4-n4c5ccccc5c5ccccc54)n3)c2)cc1. The zero-order chi connectivity index (χ0) is 54.2. The number of hydrogen-bond donors (Lipinski definition) is 0. The molecule has 15 aromatic rings. The average molecular weight is 1080 g/mol. The third kappa shape index (κ3) is 7.13. The van der Waals surface area contributed by atoms with E-state index in [1.807, 2.05) is 0 Å². The summed E-state index contributed by atoms with van der Waals surface area (Å²) in [5, 5.41) is 15.3. The van der Waals surface area contributed by atoms with Gasteiger partial charge >= 0.3 is 0 Å². The lowest BCUT2D eigenvalue weighted by molar-refractivity contribution is 1.06. The molecule has 1 atom stereocenters. The quantitative estimate of drug-likeness (QED) is 0.101. The minimum Gasteiger partial charge on any atom is -0.309 e. The molecule has 82 heavy (non-hydrogen) atoms. The van der Waals surface area contributed by atoms with Gasteiger partial charge in [0, 0.05) is 43.9 Å². The second kappa shape index (κ2) is 19.2. The molecule has 7 heteroatoms. The molecule has 0 fully saturated rings. The van der Waals surface area contributed by atoms with Crippen LogP contribution in [0.2, 0.25) is 0 Å². The summed E-state index contributed by atoms with van der Waals surface area (Å²) in [6, 6.07) is 114. The highest BCUT2D eigenvalue weighted by Gasteiger charge is 2.48. The lowest BCUT2D eigenvalue weighted by Crippen LogP contribution is -2.76. The maximum absolute atomic E-state index is 5.66. The van der Waals surface area contributed by atoms with Gasteiger partial charge in [-0.2, -0.15) is 0 Å². The molecule has 384 valence electrons. The molecule has 0 N–H and O–H groups in total. The van der Waals surface area contributed by atoms with E-state index in [1.165, 1.54) is 79.8 Å². The highest BCUT2D eigenvalue weighted by Crippen LogP contribution is 2.38. The van der Waals surface area contributed by atoms with Gasteiger partial charge in [-0.1, -0.05) is 273 Å². The lowest BCUT2D eigenvalue weighted by atomic mass is 10.1. The largest absolute Gasteiger partial charge is 0.309 e. The fraction of sp³-hybridized carbons (Fsp3) is 0. The number of hydrogen-bond acceptors (Lipinski definition) is 3. The molecule has 0 bridgehead atoms. The van der Waals surface area contributed by atoms with E-state index in [0.29, 0.717) is 17.5 Å². The minimum absolute atomic E-state index is 0.596. The van der Waals surface area contributed by atoms with E-state index in [1.54, 1.807) is 0 Å². The third-order valence-corrected chi connectivity index (χ3v) is 26.8. The monoisotopic (exact) mass is 1080 g/mol. The molecule has 12 aromatic carbocycles. The van der Waals surface area contributed by atoms with E-state index < -0.39 is 16.1 Å². The Morgan fingerprint density at radius 3 is 1.32 bits per heavy atom. The van der Waals surface area contributed by atoms with Crippen molar-refractivity contribution < 1.29 is 0 Å². The van der Waals surface area contributed by atoms with Crippen LogP contribution in [0.1, 0.15) is 0 Å². The number of fused-ring (bicyclic) bond motifs is 8. The van der Waals surface area contributed by atoms with Crippen LogP contribution in [-0.4, -0.2) is 40.2 Å². The molecule has 0 radical (unpaired) electrons. The Morgan fingerprint density at radius 2 is 0.695 bits per heavy atom. The van der Waals surface area contributed by atoms with Crippen LogP contribution in [0.25, 0.3) is 89.2 Å². The summed E-state index contributed by atoms with van der Waals surface area (Å²) < 4.78 is 4.89. The summed E-state index contributed by atoms with van der Waals surface area (Å²) in [6.45, 7) is 0. The Kier molecular flexibility index (Phi) is 11.2. The second-order valence-electron chi connectivity index (χ2n) is 21.4. The van der Waals surface area contributed by atoms with Gasteiger partial charge in [0.05, 0.1) is 27.8 Å². The summed E-state index contributed by atoms with van der Waals surface area (Å²) in [5.41, 5.74) is 9.69. The molecule has 1 aliphatic rings. The van der Waals surface area contributed by atoms with Crippen LogP contribution in [0, 0.1) is 0 Å². The van der Waals surface area contributed by atoms with Crippen LogP contribution in [-0.2, 0) is 0 Å². The molecule has 0 spiro atoms.